The first-order valence-corrected chi connectivity index (χ1v) is 6.97. The third-order valence-corrected chi connectivity index (χ3v) is 4.16. The van der Waals surface area contributed by atoms with Crippen LogP contribution in [-0.4, -0.2) is 40.1 Å². The SMILES string of the molecule is c1cnc2nc(N3CCC4CCC(C3)N4)ccc2n1. The average Bonchev–Trinajstić information content (AvgIpc) is 2.78. The van der Waals surface area contributed by atoms with Gasteiger partial charge in [-0.2, -0.15) is 0 Å². The monoisotopic (exact) mass is 255 g/mol. The zero-order valence-electron chi connectivity index (χ0n) is 10.8. The van der Waals surface area contributed by atoms with Crippen LogP contribution >= 0.6 is 0 Å². The molecule has 0 spiro atoms. The number of aromatic nitrogens is 3. The number of hydrogen-bond acceptors (Lipinski definition) is 5. The molecule has 19 heavy (non-hydrogen) atoms. The maximum atomic E-state index is 4.65. The number of nitrogens with zero attached hydrogens (tertiary/aromatic N) is 4. The minimum atomic E-state index is 0.617. The largest absolute Gasteiger partial charge is 0.355 e. The van der Waals surface area contributed by atoms with E-state index in [1.807, 2.05) is 6.07 Å². The van der Waals surface area contributed by atoms with Crippen molar-refractivity contribution in [2.24, 2.45) is 0 Å². The van der Waals surface area contributed by atoms with Crippen molar-refractivity contribution < 1.29 is 0 Å². The zero-order valence-corrected chi connectivity index (χ0v) is 10.8. The topological polar surface area (TPSA) is 53.9 Å². The molecule has 4 heterocycles. The van der Waals surface area contributed by atoms with Gasteiger partial charge >= 0.3 is 0 Å². The molecule has 2 fully saturated rings. The minimum Gasteiger partial charge on any atom is -0.355 e. The predicted molar refractivity (Wildman–Crippen MR) is 74.1 cm³/mol. The van der Waals surface area contributed by atoms with Gasteiger partial charge in [-0.3, -0.25) is 4.98 Å². The van der Waals surface area contributed by atoms with Crippen LogP contribution in [-0.2, 0) is 0 Å². The highest BCUT2D eigenvalue weighted by Crippen LogP contribution is 2.24. The number of hydrogen-bond donors (Lipinski definition) is 1. The highest BCUT2D eigenvalue weighted by molar-refractivity contribution is 5.71. The van der Waals surface area contributed by atoms with E-state index < -0.39 is 0 Å². The Hall–Kier alpha value is -1.75. The van der Waals surface area contributed by atoms with Crippen LogP contribution in [0.15, 0.2) is 24.5 Å². The summed E-state index contributed by atoms with van der Waals surface area (Å²) in [5.74, 6) is 1.03. The highest BCUT2D eigenvalue weighted by Gasteiger charge is 2.29. The van der Waals surface area contributed by atoms with Crippen LogP contribution in [0.3, 0.4) is 0 Å². The van der Waals surface area contributed by atoms with Crippen LogP contribution in [0.1, 0.15) is 19.3 Å². The second-order valence-corrected chi connectivity index (χ2v) is 5.44. The van der Waals surface area contributed by atoms with Crippen LogP contribution in [0.2, 0.25) is 0 Å². The predicted octanol–water partition coefficient (Wildman–Crippen LogP) is 1.36. The van der Waals surface area contributed by atoms with E-state index in [4.69, 9.17) is 0 Å². The van der Waals surface area contributed by atoms with Gasteiger partial charge in [0.2, 0.25) is 0 Å². The van der Waals surface area contributed by atoms with E-state index in [2.05, 4.69) is 31.2 Å². The molecule has 2 bridgehead atoms. The molecule has 0 aromatic carbocycles. The van der Waals surface area contributed by atoms with Gasteiger partial charge in [0.1, 0.15) is 11.3 Å². The van der Waals surface area contributed by atoms with Crippen molar-refractivity contribution in [2.45, 2.75) is 31.3 Å². The molecular weight excluding hydrogens is 238 g/mol. The third-order valence-electron chi connectivity index (χ3n) is 4.16. The number of anilines is 1. The Labute approximate surface area is 112 Å². The molecule has 2 aliphatic rings. The second kappa shape index (κ2) is 4.42. The number of rotatable bonds is 1. The van der Waals surface area contributed by atoms with E-state index in [-0.39, 0.29) is 0 Å². The number of pyridine rings is 1. The summed E-state index contributed by atoms with van der Waals surface area (Å²) in [4.78, 5) is 15.6. The molecule has 2 saturated heterocycles. The molecule has 2 aromatic heterocycles. The summed E-state index contributed by atoms with van der Waals surface area (Å²) < 4.78 is 0. The molecule has 2 aliphatic heterocycles. The van der Waals surface area contributed by atoms with Crippen LogP contribution in [0, 0.1) is 0 Å². The van der Waals surface area contributed by atoms with Gasteiger partial charge in [0.25, 0.3) is 0 Å². The van der Waals surface area contributed by atoms with Gasteiger partial charge < -0.3 is 10.2 Å². The van der Waals surface area contributed by atoms with E-state index in [0.717, 1.165) is 30.1 Å². The fraction of sp³-hybridized carbons (Fsp3) is 0.500. The van der Waals surface area contributed by atoms with Gasteiger partial charge in [0.15, 0.2) is 5.65 Å². The molecule has 4 rings (SSSR count). The molecule has 0 saturated carbocycles. The van der Waals surface area contributed by atoms with Gasteiger partial charge in [-0.15, -0.1) is 0 Å². The van der Waals surface area contributed by atoms with Gasteiger partial charge in [0.05, 0.1) is 0 Å². The number of nitrogens with one attached hydrogen (secondary N) is 1. The molecule has 5 heteroatoms. The smallest absolute Gasteiger partial charge is 0.180 e. The Bertz CT molecular complexity index is 599. The standard InChI is InChI=1S/C14H17N5/c1-2-11-9-19(8-5-10(1)17-11)13-4-3-12-14(18-13)16-7-6-15-12/h3-4,6-7,10-11,17H,1-2,5,8-9H2. The molecule has 0 aliphatic carbocycles. The summed E-state index contributed by atoms with van der Waals surface area (Å²) in [5.41, 5.74) is 1.60. The Morgan fingerprint density at radius 1 is 1.05 bits per heavy atom. The van der Waals surface area contributed by atoms with Crippen molar-refractivity contribution in [2.75, 3.05) is 18.0 Å². The molecule has 98 valence electrons. The molecule has 0 amide bonds. The molecular formula is C14H17N5. The molecule has 0 radical (unpaired) electrons. The Morgan fingerprint density at radius 3 is 2.95 bits per heavy atom. The first-order valence-electron chi connectivity index (χ1n) is 6.97. The zero-order chi connectivity index (χ0) is 12.7. The van der Waals surface area contributed by atoms with Crippen molar-refractivity contribution in [3.63, 3.8) is 0 Å². The van der Waals surface area contributed by atoms with E-state index in [9.17, 15) is 0 Å². The van der Waals surface area contributed by atoms with Crippen molar-refractivity contribution in [1.82, 2.24) is 20.3 Å². The minimum absolute atomic E-state index is 0.617. The normalized spacial score (nSPS) is 26.6. The average molecular weight is 255 g/mol. The van der Waals surface area contributed by atoms with Crippen LogP contribution in [0.4, 0.5) is 5.82 Å². The summed E-state index contributed by atoms with van der Waals surface area (Å²) >= 11 is 0. The molecule has 2 unspecified atom stereocenters. The lowest BCUT2D eigenvalue weighted by Crippen LogP contribution is -2.35. The van der Waals surface area contributed by atoms with Gasteiger partial charge in [-0.05, 0) is 31.4 Å². The maximum Gasteiger partial charge on any atom is 0.180 e. The second-order valence-electron chi connectivity index (χ2n) is 5.44. The van der Waals surface area contributed by atoms with Gasteiger partial charge in [0, 0.05) is 37.6 Å². The van der Waals surface area contributed by atoms with Crippen molar-refractivity contribution in [1.29, 1.82) is 0 Å². The van der Waals surface area contributed by atoms with Crippen molar-refractivity contribution in [3.8, 4) is 0 Å². The van der Waals surface area contributed by atoms with Crippen molar-refractivity contribution >= 4 is 17.0 Å². The lowest BCUT2D eigenvalue weighted by atomic mass is 10.1. The van der Waals surface area contributed by atoms with E-state index >= 15 is 0 Å². The quantitative estimate of drug-likeness (QED) is 0.833. The lowest BCUT2D eigenvalue weighted by Gasteiger charge is -2.25. The molecule has 2 atom stereocenters. The summed E-state index contributed by atoms with van der Waals surface area (Å²) in [6, 6.07) is 5.40. The van der Waals surface area contributed by atoms with Gasteiger partial charge in [-0.1, -0.05) is 0 Å². The summed E-state index contributed by atoms with van der Waals surface area (Å²) in [7, 11) is 0. The first kappa shape index (κ1) is 11.1. The summed E-state index contributed by atoms with van der Waals surface area (Å²) in [5, 5.41) is 3.69. The van der Waals surface area contributed by atoms with E-state index in [1.165, 1.54) is 19.3 Å². The fourth-order valence-electron chi connectivity index (χ4n) is 3.17. The molecule has 1 N–H and O–H groups in total. The number of fused-ring (bicyclic) bond motifs is 3. The molecule has 5 nitrogen and oxygen atoms in total. The van der Waals surface area contributed by atoms with Crippen molar-refractivity contribution in [3.05, 3.63) is 24.5 Å². The van der Waals surface area contributed by atoms with E-state index in [1.54, 1.807) is 12.4 Å². The lowest BCUT2D eigenvalue weighted by molar-refractivity contribution is 0.563. The fourth-order valence-corrected chi connectivity index (χ4v) is 3.17. The third kappa shape index (κ3) is 2.04. The highest BCUT2D eigenvalue weighted by atomic mass is 15.2. The van der Waals surface area contributed by atoms with E-state index in [0.29, 0.717) is 12.1 Å². The van der Waals surface area contributed by atoms with Crippen LogP contribution in [0.5, 0.6) is 0 Å². The summed E-state index contributed by atoms with van der Waals surface area (Å²) in [6.07, 6.45) is 7.23. The molecule has 2 aromatic rings. The Balaban J connectivity index is 1.66. The first-order chi connectivity index (χ1) is 9.38. The van der Waals surface area contributed by atoms with Crippen LogP contribution in [0.25, 0.3) is 11.2 Å². The maximum absolute atomic E-state index is 4.65. The summed E-state index contributed by atoms with van der Waals surface area (Å²) in [6.45, 7) is 2.13. The van der Waals surface area contributed by atoms with Gasteiger partial charge in [-0.25, -0.2) is 9.97 Å². The Kier molecular flexibility index (Phi) is 2.58. The Morgan fingerprint density at radius 2 is 1.95 bits per heavy atom. The van der Waals surface area contributed by atoms with Crippen LogP contribution < -0.4 is 10.2 Å².